The van der Waals surface area contributed by atoms with Crippen LogP contribution >= 0.6 is 0 Å². The number of likely N-dealkylation sites (tertiary alicyclic amines) is 1. The summed E-state index contributed by atoms with van der Waals surface area (Å²) < 4.78 is 13.7. The highest BCUT2D eigenvalue weighted by molar-refractivity contribution is 5.97. The Balaban J connectivity index is 1.60. The lowest BCUT2D eigenvalue weighted by Crippen LogP contribution is -2.45. The summed E-state index contributed by atoms with van der Waals surface area (Å²) in [5.41, 5.74) is 0.806. The number of halogens is 1. The molecule has 0 aromatic heterocycles. The van der Waals surface area contributed by atoms with Gasteiger partial charge in [-0.2, -0.15) is 0 Å². The molecule has 1 aromatic rings. The Labute approximate surface area is 148 Å². The first-order chi connectivity index (χ1) is 12.0. The molecule has 1 saturated carbocycles. The van der Waals surface area contributed by atoms with Gasteiger partial charge in [-0.25, -0.2) is 9.18 Å². The third-order valence-corrected chi connectivity index (χ3v) is 5.71. The van der Waals surface area contributed by atoms with Gasteiger partial charge < -0.3 is 15.5 Å². The average Bonchev–Trinajstić information content (AvgIpc) is 2.64. The predicted molar refractivity (Wildman–Crippen MR) is 95.1 cm³/mol. The molecule has 25 heavy (non-hydrogen) atoms. The molecule has 1 heterocycles. The average molecular weight is 347 g/mol. The lowest BCUT2D eigenvalue weighted by atomic mass is 9.68. The number of piperidine rings is 1. The fourth-order valence-corrected chi connectivity index (χ4v) is 4.10. The minimum atomic E-state index is -0.602. The first-order valence-corrected chi connectivity index (χ1v) is 9.11. The Morgan fingerprint density at radius 1 is 1.08 bits per heavy atom. The molecule has 6 heteroatoms. The maximum absolute atomic E-state index is 13.7. The minimum Gasteiger partial charge on any atom is -0.355 e. The highest BCUT2D eigenvalue weighted by Crippen LogP contribution is 2.44. The number of benzene rings is 1. The summed E-state index contributed by atoms with van der Waals surface area (Å²) in [6.07, 6.45) is 8.66. The first kappa shape index (κ1) is 17.7. The van der Waals surface area contributed by atoms with Gasteiger partial charge in [-0.15, -0.1) is 0 Å². The van der Waals surface area contributed by atoms with E-state index in [2.05, 4.69) is 10.6 Å². The molecule has 136 valence electrons. The summed E-state index contributed by atoms with van der Waals surface area (Å²) >= 11 is 0. The van der Waals surface area contributed by atoms with Crippen molar-refractivity contribution >= 4 is 17.6 Å². The van der Waals surface area contributed by atoms with Crippen molar-refractivity contribution < 1.29 is 14.0 Å². The van der Waals surface area contributed by atoms with Crippen molar-refractivity contribution in [3.05, 3.63) is 29.6 Å². The zero-order chi connectivity index (χ0) is 17.9. The smallest absolute Gasteiger partial charge is 0.321 e. The number of amides is 3. The molecule has 1 aromatic carbocycles. The Hall–Kier alpha value is -2.11. The molecule has 2 aliphatic rings. The summed E-state index contributed by atoms with van der Waals surface area (Å²) in [5, 5.41) is 5.19. The summed E-state index contributed by atoms with van der Waals surface area (Å²) in [6, 6.07) is 3.87. The van der Waals surface area contributed by atoms with E-state index in [0.29, 0.717) is 11.1 Å². The van der Waals surface area contributed by atoms with Crippen molar-refractivity contribution in [1.29, 1.82) is 0 Å². The Bertz CT molecular complexity index is 646. The second-order valence-corrected chi connectivity index (χ2v) is 7.25. The fourth-order valence-electron chi connectivity index (χ4n) is 4.10. The Kier molecular flexibility index (Phi) is 5.25. The van der Waals surface area contributed by atoms with Crippen LogP contribution in [0.5, 0.6) is 0 Å². The standard InChI is InChI=1S/C19H26FN3O2/c1-21-17(24)15-13-14(5-6-16(15)20)22-18(25)23-11-9-19(10-12-23)7-3-2-4-8-19/h5-6,13H,2-4,7-12H2,1H3,(H,21,24)(H,22,25). The van der Waals surface area contributed by atoms with Crippen LogP contribution in [-0.2, 0) is 0 Å². The third-order valence-electron chi connectivity index (χ3n) is 5.71. The molecule has 2 N–H and O–H groups in total. The van der Waals surface area contributed by atoms with E-state index in [1.165, 1.54) is 57.4 Å². The number of nitrogens with zero attached hydrogens (tertiary/aromatic N) is 1. The van der Waals surface area contributed by atoms with Crippen molar-refractivity contribution in [2.75, 3.05) is 25.5 Å². The van der Waals surface area contributed by atoms with Gasteiger partial charge >= 0.3 is 6.03 Å². The molecule has 3 amide bonds. The first-order valence-electron chi connectivity index (χ1n) is 9.11. The van der Waals surface area contributed by atoms with Gasteiger partial charge in [0, 0.05) is 25.8 Å². The van der Waals surface area contributed by atoms with E-state index in [1.54, 1.807) is 0 Å². The molecule has 1 spiro atoms. The van der Waals surface area contributed by atoms with Gasteiger partial charge in [0.15, 0.2) is 0 Å². The highest BCUT2D eigenvalue weighted by Gasteiger charge is 2.36. The van der Waals surface area contributed by atoms with Gasteiger partial charge in [0.05, 0.1) is 5.56 Å². The van der Waals surface area contributed by atoms with Crippen molar-refractivity contribution in [3.8, 4) is 0 Å². The number of hydrogen-bond donors (Lipinski definition) is 2. The number of carbonyl (C=O) groups excluding carboxylic acids is 2. The van der Waals surface area contributed by atoms with Crippen LogP contribution in [0.3, 0.4) is 0 Å². The van der Waals surface area contributed by atoms with Crippen molar-refractivity contribution in [1.82, 2.24) is 10.2 Å². The lowest BCUT2D eigenvalue weighted by Gasteiger charge is -2.44. The second kappa shape index (κ2) is 7.42. The largest absolute Gasteiger partial charge is 0.355 e. The zero-order valence-electron chi connectivity index (χ0n) is 14.7. The molecule has 1 aliphatic carbocycles. The summed E-state index contributed by atoms with van der Waals surface area (Å²) in [6.45, 7) is 1.52. The molecule has 0 bridgehead atoms. The number of anilines is 1. The van der Waals surface area contributed by atoms with E-state index in [-0.39, 0.29) is 11.6 Å². The molecule has 2 fully saturated rings. The van der Waals surface area contributed by atoms with Crippen LogP contribution in [0.1, 0.15) is 55.3 Å². The van der Waals surface area contributed by atoms with Gasteiger partial charge in [-0.1, -0.05) is 19.3 Å². The Morgan fingerprint density at radius 2 is 1.76 bits per heavy atom. The Morgan fingerprint density at radius 3 is 2.40 bits per heavy atom. The topological polar surface area (TPSA) is 61.4 Å². The van der Waals surface area contributed by atoms with Crippen molar-refractivity contribution in [2.45, 2.75) is 44.9 Å². The van der Waals surface area contributed by atoms with Crippen LogP contribution in [0.4, 0.5) is 14.9 Å². The van der Waals surface area contributed by atoms with Gasteiger partial charge in [0.25, 0.3) is 5.91 Å². The van der Waals surface area contributed by atoms with Crippen LogP contribution in [0.25, 0.3) is 0 Å². The van der Waals surface area contributed by atoms with E-state index in [1.807, 2.05) is 4.90 Å². The van der Waals surface area contributed by atoms with Crippen LogP contribution in [-0.4, -0.2) is 37.0 Å². The second-order valence-electron chi connectivity index (χ2n) is 7.25. The molecular weight excluding hydrogens is 321 g/mol. The van der Waals surface area contributed by atoms with Gasteiger partial charge in [0.1, 0.15) is 5.82 Å². The maximum atomic E-state index is 13.7. The number of urea groups is 1. The molecule has 0 unspecified atom stereocenters. The molecular formula is C19H26FN3O2. The molecule has 0 atom stereocenters. The van der Waals surface area contributed by atoms with E-state index in [0.717, 1.165) is 25.9 Å². The van der Waals surface area contributed by atoms with E-state index in [4.69, 9.17) is 0 Å². The van der Waals surface area contributed by atoms with Crippen LogP contribution in [0.2, 0.25) is 0 Å². The highest BCUT2D eigenvalue weighted by atomic mass is 19.1. The summed E-state index contributed by atoms with van der Waals surface area (Å²) in [4.78, 5) is 26.0. The number of nitrogens with one attached hydrogen (secondary N) is 2. The number of hydrogen-bond acceptors (Lipinski definition) is 2. The van der Waals surface area contributed by atoms with Crippen molar-refractivity contribution in [2.24, 2.45) is 5.41 Å². The van der Waals surface area contributed by atoms with Crippen LogP contribution in [0, 0.1) is 11.2 Å². The maximum Gasteiger partial charge on any atom is 0.321 e. The van der Waals surface area contributed by atoms with Gasteiger partial charge in [-0.3, -0.25) is 4.79 Å². The predicted octanol–water partition coefficient (Wildman–Crippen LogP) is 3.76. The third kappa shape index (κ3) is 3.94. The normalized spacial score (nSPS) is 19.5. The monoisotopic (exact) mass is 347 g/mol. The molecule has 1 aliphatic heterocycles. The molecule has 1 saturated heterocycles. The molecule has 0 radical (unpaired) electrons. The van der Waals surface area contributed by atoms with Crippen LogP contribution in [0.15, 0.2) is 18.2 Å². The van der Waals surface area contributed by atoms with Crippen molar-refractivity contribution in [3.63, 3.8) is 0 Å². The SMILES string of the molecule is CNC(=O)c1cc(NC(=O)N2CCC3(CCCCC3)CC2)ccc1F. The van der Waals surface area contributed by atoms with E-state index in [9.17, 15) is 14.0 Å². The lowest BCUT2D eigenvalue weighted by molar-refractivity contribution is 0.0849. The van der Waals surface area contributed by atoms with Crippen LogP contribution < -0.4 is 10.6 Å². The quantitative estimate of drug-likeness (QED) is 0.856. The van der Waals surface area contributed by atoms with Gasteiger partial charge in [-0.05, 0) is 49.3 Å². The van der Waals surface area contributed by atoms with E-state index >= 15 is 0 Å². The van der Waals surface area contributed by atoms with Gasteiger partial charge in [0.2, 0.25) is 0 Å². The number of carbonyl (C=O) groups is 2. The fraction of sp³-hybridized carbons (Fsp3) is 0.579. The summed E-state index contributed by atoms with van der Waals surface area (Å²) in [7, 11) is 1.45. The zero-order valence-corrected chi connectivity index (χ0v) is 14.7. The number of rotatable bonds is 2. The van der Waals surface area contributed by atoms with E-state index < -0.39 is 11.7 Å². The molecule has 5 nitrogen and oxygen atoms in total. The summed E-state index contributed by atoms with van der Waals surface area (Å²) in [5.74, 6) is -1.11. The minimum absolute atomic E-state index is 0.0693. The molecule has 3 rings (SSSR count).